The largest absolute Gasteiger partial charge is 0.379 e. The molecule has 7 nitrogen and oxygen atoms in total. The van der Waals surface area contributed by atoms with E-state index in [-0.39, 0.29) is 35.9 Å². The fourth-order valence-corrected chi connectivity index (χ4v) is 5.52. The van der Waals surface area contributed by atoms with Crippen LogP contribution in [-0.4, -0.2) is 51.5 Å². The number of sulfonamides is 1. The zero-order chi connectivity index (χ0) is 19.3. The van der Waals surface area contributed by atoms with Crippen LogP contribution < -0.4 is 11.1 Å². The number of nitrogens with zero attached hydrogens (tertiary/aromatic N) is 1. The molecule has 1 saturated heterocycles. The van der Waals surface area contributed by atoms with Crippen LogP contribution in [0.1, 0.15) is 30.4 Å². The van der Waals surface area contributed by atoms with Crippen molar-refractivity contribution in [2.24, 2.45) is 17.6 Å². The van der Waals surface area contributed by atoms with E-state index in [1.54, 1.807) is 0 Å². The summed E-state index contributed by atoms with van der Waals surface area (Å²) in [5.74, 6) is 0.184. The fraction of sp³-hybridized carbons (Fsp3) is 0.632. The van der Waals surface area contributed by atoms with E-state index in [9.17, 15) is 13.2 Å². The first kappa shape index (κ1) is 23.1. The van der Waals surface area contributed by atoms with Crippen LogP contribution in [0.3, 0.4) is 0 Å². The number of hydrogen-bond donors (Lipinski definition) is 2. The van der Waals surface area contributed by atoms with Gasteiger partial charge in [0.15, 0.2) is 0 Å². The van der Waals surface area contributed by atoms with Gasteiger partial charge in [-0.1, -0.05) is 30.7 Å². The van der Waals surface area contributed by atoms with Crippen molar-refractivity contribution in [2.75, 3.05) is 32.8 Å². The van der Waals surface area contributed by atoms with Gasteiger partial charge in [-0.3, -0.25) is 4.79 Å². The molecule has 1 aliphatic heterocycles. The summed E-state index contributed by atoms with van der Waals surface area (Å²) in [6.07, 6.45) is 2.91. The minimum atomic E-state index is -3.40. The summed E-state index contributed by atoms with van der Waals surface area (Å²) in [6.45, 7) is 2.52. The Labute approximate surface area is 173 Å². The zero-order valence-corrected chi connectivity index (χ0v) is 17.6. The van der Waals surface area contributed by atoms with Gasteiger partial charge >= 0.3 is 0 Å². The lowest BCUT2D eigenvalue weighted by Crippen LogP contribution is -2.41. The summed E-state index contributed by atoms with van der Waals surface area (Å²) in [7, 11) is -3.40. The third kappa shape index (κ3) is 5.67. The molecule has 1 saturated carbocycles. The maximum absolute atomic E-state index is 12.7. The topological polar surface area (TPSA) is 102 Å². The number of benzene rings is 1. The van der Waals surface area contributed by atoms with Crippen LogP contribution in [-0.2, 0) is 31.9 Å². The van der Waals surface area contributed by atoms with Crippen molar-refractivity contribution in [1.82, 2.24) is 9.62 Å². The summed E-state index contributed by atoms with van der Waals surface area (Å²) in [4.78, 5) is 12.5. The number of carbonyl (C=O) groups is 1. The van der Waals surface area contributed by atoms with Crippen LogP contribution in [0.2, 0.25) is 0 Å². The van der Waals surface area contributed by atoms with Crippen LogP contribution >= 0.6 is 12.4 Å². The summed E-state index contributed by atoms with van der Waals surface area (Å²) >= 11 is 0. The number of ether oxygens (including phenoxy) is 1. The molecule has 1 aromatic rings. The lowest BCUT2D eigenvalue weighted by Gasteiger charge is -2.26. The molecule has 1 heterocycles. The van der Waals surface area contributed by atoms with Crippen molar-refractivity contribution < 1.29 is 17.9 Å². The van der Waals surface area contributed by atoms with Gasteiger partial charge in [0.25, 0.3) is 0 Å². The lowest BCUT2D eigenvalue weighted by atomic mass is 9.95. The molecule has 3 rings (SSSR count). The first-order valence-corrected chi connectivity index (χ1v) is 11.2. The van der Waals surface area contributed by atoms with E-state index in [1.165, 1.54) is 4.31 Å². The number of morpholine rings is 1. The molecule has 2 atom stereocenters. The summed E-state index contributed by atoms with van der Waals surface area (Å²) in [6, 6.07) is 7.39. The monoisotopic (exact) mass is 431 g/mol. The van der Waals surface area contributed by atoms with E-state index in [2.05, 4.69) is 5.32 Å². The average Bonchev–Trinajstić information content (AvgIpc) is 3.16. The Morgan fingerprint density at radius 2 is 1.86 bits per heavy atom. The minimum Gasteiger partial charge on any atom is -0.379 e. The van der Waals surface area contributed by atoms with Gasteiger partial charge in [0.2, 0.25) is 15.9 Å². The molecule has 0 bridgehead atoms. The van der Waals surface area contributed by atoms with E-state index in [4.69, 9.17) is 10.5 Å². The standard InChI is InChI=1S/C19H29N3O4S.ClH/c20-12-15-6-3-7-18(15)19(23)21-13-16-4-1-2-5-17(16)14-27(24,25)22-8-10-26-11-9-22;/h1-2,4-5,15,18H,3,6-14,20H2,(H,21,23);1H/t15-,18-;/m1./s1. The maximum Gasteiger partial charge on any atom is 0.223 e. The van der Waals surface area contributed by atoms with Gasteiger partial charge in [0.1, 0.15) is 0 Å². The Kier molecular flexibility index (Phi) is 8.70. The first-order chi connectivity index (χ1) is 13.0. The van der Waals surface area contributed by atoms with Gasteiger partial charge in [-0.2, -0.15) is 4.31 Å². The normalized spacial score (nSPS) is 23.2. The van der Waals surface area contributed by atoms with E-state index in [0.29, 0.717) is 39.4 Å². The van der Waals surface area contributed by atoms with E-state index >= 15 is 0 Å². The molecule has 0 radical (unpaired) electrons. The lowest BCUT2D eigenvalue weighted by molar-refractivity contribution is -0.126. The Bertz CT molecular complexity index is 753. The Morgan fingerprint density at radius 3 is 2.54 bits per heavy atom. The SMILES string of the molecule is Cl.NC[C@H]1CCC[C@H]1C(=O)NCc1ccccc1CS(=O)(=O)N1CCOCC1. The smallest absolute Gasteiger partial charge is 0.223 e. The number of halogens is 1. The Hall–Kier alpha value is -1.19. The molecular weight excluding hydrogens is 402 g/mol. The highest BCUT2D eigenvalue weighted by molar-refractivity contribution is 7.88. The second-order valence-electron chi connectivity index (χ2n) is 7.29. The van der Waals surface area contributed by atoms with Gasteiger partial charge in [-0.25, -0.2) is 8.42 Å². The van der Waals surface area contributed by atoms with Gasteiger partial charge in [-0.05, 0) is 36.4 Å². The predicted octanol–water partition coefficient (Wildman–Crippen LogP) is 1.26. The highest BCUT2D eigenvalue weighted by Gasteiger charge is 2.32. The first-order valence-electron chi connectivity index (χ1n) is 9.61. The second-order valence-corrected chi connectivity index (χ2v) is 9.26. The third-order valence-corrected chi connectivity index (χ3v) is 7.40. The third-order valence-electron chi connectivity index (χ3n) is 5.57. The van der Waals surface area contributed by atoms with Crippen molar-refractivity contribution in [3.8, 4) is 0 Å². The van der Waals surface area contributed by atoms with Crippen molar-refractivity contribution in [2.45, 2.75) is 31.6 Å². The van der Waals surface area contributed by atoms with Crippen LogP contribution in [0.5, 0.6) is 0 Å². The molecule has 2 aliphatic rings. The molecule has 158 valence electrons. The van der Waals surface area contributed by atoms with E-state index in [0.717, 1.165) is 30.4 Å². The van der Waals surface area contributed by atoms with Crippen molar-refractivity contribution in [1.29, 1.82) is 0 Å². The van der Waals surface area contributed by atoms with Crippen molar-refractivity contribution in [3.63, 3.8) is 0 Å². The molecule has 28 heavy (non-hydrogen) atoms. The maximum atomic E-state index is 12.7. The summed E-state index contributed by atoms with van der Waals surface area (Å²) < 4.78 is 32.1. The van der Waals surface area contributed by atoms with Gasteiger partial charge in [0.05, 0.1) is 19.0 Å². The van der Waals surface area contributed by atoms with Gasteiger partial charge in [0, 0.05) is 25.6 Å². The average molecular weight is 432 g/mol. The van der Waals surface area contributed by atoms with Crippen molar-refractivity contribution in [3.05, 3.63) is 35.4 Å². The molecule has 0 unspecified atom stereocenters. The van der Waals surface area contributed by atoms with Gasteiger partial charge in [-0.15, -0.1) is 12.4 Å². The van der Waals surface area contributed by atoms with E-state index < -0.39 is 10.0 Å². The summed E-state index contributed by atoms with van der Waals surface area (Å²) in [5, 5.41) is 2.99. The number of carbonyl (C=O) groups excluding carboxylic acids is 1. The highest BCUT2D eigenvalue weighted by Crippen LogP contribution is 2.31. The highest BCUT2D eigenvalue weighted by atomic mass is 35.5. The van der Waals surface area contributed by atoms with Gasteiger partial charge < -0.3 is 15.8 Å². The summed E-state index contributed by atoms with van der Waals surface area (Å²) in [5.41, 5.74) is 7.34. The molecule has 3 N–H and O–H groups in total. The van der Waals surface area contributed by atoms with Crippen molar-refractivity contribution >= 4 is 28.3 Å². The molecule has 1 amide bonds. The second kappa shape index (κ2) is 10.5. The molecule has 0 aromatic heterocycles. The molecular formula is C19H30ClN3O4S. The molecule has 2 fully saturated rings. The van der Waals surface area contributed by atoms with Crippen LogP contribution in [0, 0.1) is 11.8 Å². The van der Waals surface area contributed by atoms with E-state index in [1.807, 2.05) is 24.3 Å². The molecule has 0 spiro atoms. The minimum absolute atomic E-state index is 0. The number of nitrogens with one attached hydrogen (secondary N) is 1. The fourth-order valence-electron chi connectivity index (χ4n) is 3.96. The zero-order valence-electron chi connectivity index (χ0n) is 16.0. The molecule has 9 heteroatoms. The van der Waals surface area contributed by atoms with Crippen LogP contribution in [0.4, 0.5) is 0 Å². The van der Waals surface area contributed by atoms with Crippen LogP contribution in [0.15, 0.2) is 24.3 Å². The Balaban J connectivity index is 0.00000280. The number of nitrogens with two attached hydrogens (primary N) is 1. The number of rotatable bonds is 7. The quantitative estimate of drug-likeness (QED) is 0.676. The Morgan fingerprint density at radius 1 is 1.18 bits per heavy atom. The number of hydrogen-bond acceptors (Lipinski definition) is 5. The number of amides is 1. The van der Waals surface area contributed by atoms with Crippen LogP contribution in [0.25, 0.3) is 0 Å². The predicted molar refractivity (Wildman–Crippen MR) is 110 cm³/mol. The molecule has 1 aromatic carbocycles. The molecule has 1 aliphatic carbocycles.